The van der Waals surface area contributed by atoms with Crippen LogP contribution in [0, 0.1) is 0 Å². The third-order valence-electron chi connectivity index (χ3n) is 3.69. The van der Waals surface area contributed by atoms with Crippen molar-refractivity contribution in [3.05, 3.63) is 70.3 Å². The number of methoxy groups -OCH3 is 1. The van der Waals surface area contributed by atoms with E-state index in [1.807, 2.05) is 42.5 Å². The van der Waals surface area contributed by atoms with E-state index >= 15 is 0 Å². The van der Waals surface area contributed by atoms with E-state index in [1.165, 1.54) is 7.11 Å². The van der Waals surface area contributed by atoms with Gasteiger partial charge in [0, 0.05) is 10.1 Å². The Morgan fingerprint density at radius 1 is 1.31 bits per heavy atom. The third-order valence-corrected chi connectivity index (χ3v) is 4.21. The molecule has 0 radical (unpaired) electrons. The van der Waals surface area contributed by atoms with Crippen LogP contribution in [0.15, 0.2) is 64.7 Å². The summed E-state index contributed by atoms with van der Waals surface area (Å²) >= 11 is 3.48. The van der Waals surface area contributed by atoms with E-state index in [0.717, 1.165) is 29.3 Å². The second kappa shape index (κ2) is 13.5. The maximum absolute atomic E-state index is 11.4. The molecular weight excluding hydrogens is 396 g/mol. The van der Waals surface area contributed by atoms with Crippen LogP contribution in [0.5, 0.6) is 0 Å². The highest BCUT2D eigenvalue weighted by atomic mass is 79.9. The molecule has 0 aliphatic rings. The van der Waals surface area contributed by atoms with Crippen molar-refractivity contribution in [3.63, 3.8) is 0 Å². The van der Waals surface area contributed by atoms with E-state index in [2.05, 4.69) is 15.9 Å². The Kier molecular flexibility index (Phi) is 11.6. The van der Waals surface area contributed by atoms with Crippen molar-refractivity contribution in [2.75, 3.05) is 13.7 Å². The molecule has 0 spiro atoms. The van der Waals surface area contributed by atoms with Crippen LogP contribution in [0.4, 0.5) is 0 Å². The summed E-state index contributed by atoms with van der Waals surface area (Å²) in [6.45, 7) is 2.28. The molecule has 0 bridgehead atoms. The lowest BCUT2D eigenvalue weighted by Gasteiger charge is -2.15. The van der Waals surface area contributed by atoms with Gasteiger partial charge in [-0.1, -0.05) is 58.4 Å². The summed E-state index contributed by atoms with van der Waals surface area (Å²) in [5.74, 6) is -0.293. The minimum Gasteiger partial charge on any atom is -0.466 e. The predicted molar refractivity (Wildman–Crippen MR) is 108 cm³/mol. The topological polar surface area (TPSA) is 55.8 Å². The van der Waals surface area contributed by atoms with E-state index in [4.69, 9.17) is 14.6 Å². The number of benzene rings is 1. The molecule has 142 valence electrons. The zero-order valence-electron chi connectivity index (χ0n) is 15.4. The van der Waals surface area contributed by atoms with E-state index in [1.54, 1.807) is 19.1 Å². The van der Waals surface area contributed by atoms with Gasteiger partial charge in [-0.2, -0.15) is 0 Å². The Hall–Kier alpha value is -1.69. The first-order valence-electron chi connectivity index (χ1n) is 8.62. The van der Waals surface area contributed by atoms with Crippen molar-refractivity contribution in [1.29, 1.82) is 0 Å². The van der Waals surface area contributed by atoms with Gasteiger partial charge < -0.3 is 14.6 Å². The molecule has 1 aromatic carbocycles. The number of hydrogen-bond donors (Lipinski definition) is 1. The predicted octanol–water partition coefficient (Wildman–Crippen LogP) is 4.69. The standard InChI is InChI=1S/C21H27BrO4/c1-17(21(24)25-2)9-6-7-13-20(15-19(22)12-8-14-23)26-16-18-10-4-3-5-11-18/h3-5,8-12,15,20,23H,6-7,13-14,16H2,1-2H3/b12-8+,17-9+,19-15-/t20-/m0/s1. The fraction of sp³-hybridized carbons (Fsp3) is 0.381. The van der Waals surface area contributed by atoms with Gasteiger partial charge in [0.25, 0.3) is 0 Å². The highest BCUT2D eigenvalue weighted by Crippen LogP contribution is 2.16. The molecule has 0 aliphatic heterocycles. The number of rotatable bonds is 11. The molecule has 0 fully saturated rings. The molecule has 0 saturated heterocycles. The number of allylic oxidation sites excluding steroid dienone is 3. The molecule has 0 aromatic heterocycles. The summed E-state index contributed by atoms with van der Waals surface area (Å²) in [4.78, 5) is 11.4. The van der Waals surface area contributed by atoms with Crippen molar-refractivity contribution in [1.82, 2.24) is 0 Å². The van der Waals surface area contributed by atoms with Crippen LogP contribution in [-0.4, -0.2) is 30.9 Å². The summed E-state index contributed by atoms with van der Waals surface area (Å²) in [6.07, 6.45) is 9.77. The quantitative estimate of drug-likeness (QED) is 0.243. The van der Waals surface area contributed by atoms with E-state index in [-0.39, 0.29) is 18.7 Å². The van der Waals surface area contributed by atoms with Crippen LogP contribution in [0.3, 0.4) is 0 Å². The number of hydrogen-bond acceptors (Lipinski definition) is 4. The second-order valence-corrected chi connectivity index (χ2v) is 6.70. The number of unbranched alkanes of at least 4 members (excludes halogenated alkanes) is 1. The highest BCUT2D eigenvalue weighted by Gasteiger charge is 2.08. The maximum atomic E-state index is 11.4. The largest absolute Gasteiger partial charge is 0.466 e. The van der Waals surface area contributed by atoms with Gasteiger partial charge in [-0.25, -0.2) is 4.79 Å². The van der Waals surface area contributed by atoms with Crippen LogP contribution in [0.1, 0.15) is 31.7 Å². The Bertz CT molecular complexity index is 620. The second-order valence-electron chi connectivity index (χ2n) is 5.78. The minimum absolute atomic E-state index is 0.00389. The summed E-state index contributed by atoms with van der Waals surface area (Å²) < 4.78 is 11.6. The molecule has 1 aromatic rings. The number of aliphatic hydroxyl groups is 1. The third kappa shape index (κ3) is 9.70. The molecule has 0 aliphatic carbocycles. The number of halogens is 1. The lowest BCUT2D eigenvalue weighted by Crippen LogP contribution is -2.10. The Morgan fingerprint density at radius 2 is 2.04 bits per heavy atom. The Morgan fingerprint density at radius 3 is 2.69 bits per heavy atom. The van der Waals surface area contributed by atoms with Crippen molar-refractivity contribution < 1.29 is 19.4 Å². The normalized spacial score (nSPS) is 13.8. The molecule has 1 N–H and O–H groups in total. The minimum atomic E-state index is -0.293. The molecular formula is C21H27BrO4. The van der Waals surface area contributed by atoms with Crippen LogP contribution in [0.2, 0.25) is 0 Å². The van der Waals surface area contributed by atoms with Crippen molar-refractivity contribution in [2.45, 2.75) is 38.9 Å². The molecule has 0 saturated carbocycles. The van der Waals surface area contributed by atoms with Gasteiger partial charge in [0.2, 0.25) is 0 Å². The first-order chi connectivity index (χ1) is 12.6. The molecule has 1 atom stereocenters. The molecule has 26 heavy (non-hydrogen) atoms. The number of esters is 1. The van der Waals surface area contributed by atoms with E-state index in [9.17, 15) is 4.79 Å². The molecule has 0 heterocycles. The van der Waals surface area contributed by atoms with Gasteiger partial charge in [0.05, 0.1) is 26.4 Å². The molecule has 5 heteroatoms. The lowest BCUT2D eigenvalue weighted by atomic mass is 10.1. The molecule has 1 rings (SSSR count). The van der Waals surface area contributed by atoms with Crippen molar-refractivity contribution in [3.8, 4) is 0 Å². The number of carbonyl (C=O) groups is 1. The first kappa shape index (κ1) is 22.4. The number of carbonyl (C=O) groups excluding carboxylic acids is 1. The number of aliphatic hydroxyl groups excluding tert-OH is 1. The number of ether oxygens (including phenoxy) is 2. The van der Waals surface area contributed by atoms with Crippen molar-refractivity contribution >= 4 is 21.9 Å². The van der Waals surface area contributed by atoms with Crippen molar-refractivity contribution in [2.24, 2.45) is 0 Å². The summed E-state index contributed by atoms with van der Waals surface area (Å²) in [7, 11) is 1.38. The Balaban J connectivity index is 2.62. The van der Waals surface area contributed by atoms with Gasteiger partial charge in [-0.3, -0.25) is 0 Å². The average Bonchev–Trinajstić information content (AvgIpc) is 2.67. The van der Waals surface area contributed by atoms with Crippen LogP contribution in [-0.2, 0) is 20.9 Å². The van der Waals surface area contributed by atoms with E-state index < -0.39 is 0 Å². The maximum Gasteiger partial charge on any atom is 0.333 e. The van der Waals surface area contributed by atoms with E-state index in [0.29, 0.717) is 12.2 Å². The molecule has 0 unspecified atom stereocenters. The van der Waals surface area contributed by atoms with Gasteiger partial charge in [-0.15, -0.1) is 0 Å². The monoisotopic (exact) mass is 422 g/mol. The van der Waals surface area contributed by atoms with Gasteiger partial charge >= 0.3 is 5.97 Å². The molecule has 4 nitrogen and oxygen atoms in total. The highest BCUT2D eigenvalue weighted by molar-refractivity contribution is 9.11. The van der Waals surface area contributed by atoms with Crippen LogP contribution >= 0.6 is 15.9 Å². The Labute approximate surface area is 164 Å². The average molecular weight is 423 g/mol. The SMILES string of the molecule is COC(=O)/C(C)=C/CCC[C@@H](/C=C(Br)/C=C/CO)OCc1ccccc1. The summed E-state index contributed by atoms with van der Waals surface area (Å²) in [5, 5.41) is 8.88. The van der Waals surface area contributed by atoms with Gasteiger partial charge in [0.1, 0.15) is 0 Å². The zero-order chi connectivity index (χ0) is 19.2. The zero-order valence-corrected chi connectivity index (χ0v) is 16.9. The lowest BCUT2D eigenvalue weighted by molar-refractivity contribution is -0.136. The molecule has 0 amide bonds. The smallest absolute Gasteiger partial charge is 0.333 e. The summed E-state index contributed by atoms with van der Waals surface area (Å²) in [5.41, 5.74) is 1.74. The fourth-order valence-corrected chi connectivity index (χ4v) is 2.75. The summed E-state index contributed by atoms with van der Waals surface area (Å²) in [6, 6.07) is 10.0. The van der Waals surface area contributed by atoms with Crippen LogP contribution < -0.4 is 0 Å². The van der Waals surface area contributed by atoms with Crippen LogP contribution in [0.25, 0.3) is 0 Å². The first-order valence-corrected chi connectivity index (χ1v) is 9.41. The van der Waals surface area contributed by atoms with Gasteiger partial charge in [0.15, 0.2) is 0 Å². The fourth-order valence-electron chi connectivity index (χ4n) is 2.27. The van der Waals surface area contributed by atoms with Gasteiger partial charge in [-0.05, 0) is 43.9 Å².